The highest BCUT2D eigenvalue weighted by Gasteiger charge is 2.30. The summed E-state index contributed by atoms with van der Waals surface area (Å²) in [6.07, 6.45) is 3.28. The molecule has 0 spiro atoms. The Kier molecular flexibility index (Phi) is 7.35. The van der Waals surface area contributed by atoms with Gasteiger partial charge in [0.2, 0.25) is 5.91 Å². The lowest BCUT2D eigenvalue weighted by Gasteiger charge is -2.37. The van der Waals surface area contributed by atoms with E-state index in [0.29, 0.717) is 11.8 Å². The maximum absolute atomic E-state index is 12.2. The van der Waals surface area contributed by atoms with Crippen molar-refractivity contribution < 1.29 is 4.79 Å². The maximum Gasteiger partial charge on any atom is 0.227 e. The molecule has 0 bridgehead atoms. The lowest BCUT2D eigenvalue weighted by atomic mass is 9.91. The van der Waals surface area contributed by atoms with E-state index in [4.69, 9.17) is 0 Å². The highest BCUT2D eigenvalue weighted by Crippen LogP contribution is 2.37. The van der Waals surface area contributed by atoms with Gasteiger partial charge in [0.15, 0.2) is 5.82 Å². The molecule has 1 saturated heterocycles. The fourth-order valence-corrected chi connectivity index (χ4v) is 4.69. The van der Waals surface area contributed by atoms with Crippen molar-refractivity contribution in [2.24, 2.45) is 24.8 Å². The zero-order chi connectivity index (χ0) is 24.2. The van der Waals surface area contributed by atoms with Crippen LogP contribution < -0.4 is 10.2 Å². The van der Waals surface area contributed by atoms with E-state index < -0.39 is 0 Å². The minimum atomic E-state index is 0.142. The topological polar surface area (TPSA) is 63.1 Å². The molecule has 1 N–H and O–H groups in total. The van der Waals surface area contributed by atoms with Crippen molar-refractivity contribution in [3.8, 4) is 11.4 Å². The average Bonchev–Trinajstić information content (AvgIpc) is 3.60. The van der Waals surface area contributed by atoms with Crippen molar-refractivity contribution in [2.75, 3.05) is 23.3 Å². The first kappa shape index (κ1) is 24.0. The van der Waals surface area contributed by atoms with Crippen molar-refractivity contribution in [3.05, 3.63) is 59.9 Å². The Morgan fingerprint density at radius 3 is 2.18 bits per heavy atom. The van der Waals surface area contributed by atoms with Gasteiger partial charge in [-0.1, -0.05) is 49.7 Å². The van der Waals surface area contributed by atoms with Crippen LogP contribution in [0, 0.1) is 31.6 Å². The third-order valence-corrected chi connectivity index (χ3v) is 6.70. The standard InChI is InChI=1S/C21H29N5O.C7H8/c1-13-9-14(2)12-26(11-13)19-10-17(22-21(27)16-5-6-16)7-8-18(19)20-24-23-15(3)25(20)4;1-7-5-3-2-4-6-7/h7-8,10,13-14,16H,5-6,9,11-12H2,1-4H3,(H,22,27);2-6H,1H3/t13-,14?;/m1./s1. The molecule has 2 aromatic carbocycles. The van der Waals surface area contributed by atoms with Crippen molar-refractivity contribution in [2.45, 2.75) is 47.0 Å². The molecule has 1 aliphatic heterocycles. The third-order valence-electron chi connectivity index (χ3n) is 6.70. The Labute approximate surface area is 203 Å². The molecule has 1 unspecified atom stereocenters. The van der Waals surface area contributed by atoms with Crippen molar-refractivity contribution in [1.82, 2.24) is 14.8 Å². The molecule has 180 valence electrons. The second-order valence-electron chi connectivity index (χ2n) is 10.1. The number of benzene rings is 2. The summed E-state index contributed by atoms with van der Waals surface area (Å²) in [6, 6.07) is 16.4. The average molecular weight is 460 g/mol. The van der Waals surface area contributed by atoms with E-state index in [1.165, 1.54) is 12.0 Å². The fourth-order valence-electron chi connectivity index (χ4n) is 4.69. The van der Waals surface area contributed by atoms with Crippen LogP contribution in [0.1, 0.15) is 44.5 Å². The molecule has 2 aliphatic rings. The van der Waals surface area contributed by atoms with Gasteiger partial charge in [0.05, 0.1) is 0 Å². The van der Waals surface area contributed by atoms with Crippen molar-refractivity contribution >= 4 is 17.3 Å². The first-order chi connectivity index (χ1) is 16.3. The van der Waals surface area contributed by atoms with E-state index >= 15 is 0 Å². The number of hydrogen-bond acceptors (Lipinski definition) is 4. The molecule has 3 aromatic rings. The van der Waals surface area contributed by atoms with Crippen molar-refractivity contribution in [3.63, 3.8) is 0 Å². The van der Waals surface area contributed by atoms with Gasteiger partial charge in [-0.25, -0.2) is 0 Å². The number of hydrogen-bond donors (Lipinski definition) is 1. The highest BCUT2D eigenvalue weighted by molar-refractivity contribution is 5.95. The summed E-state index contributed by atoms with van der Waals surface area (Å²) in [7, 11) is 2.00. The summed E-state index contributed by atoms with van der Waals surface area (Å²) in [5, 5.41) is 11.7. The minimum Gasteiger partial charge on any atom is -0.370 e. The molecule has 2 atom stereocenters. The van der Waals surface area contributed by atoms with Crippen LogP contribution in [0.4, 0.5) is 11.4 Å². The van der Waals surface area contributed by atoms with Gasteiger partial charge in [-0.15, -0.1) is 10.2 Å². The first-order valence-electron chi connectivity index (χ1n) is 12.4. The summed E-state index contributed by atoms with van der Waals surface area (Å²) >= 11 is 0. The molecule has 1 aliphatic carbocycles. The zero-order valence-electron chi connectivity index (χ0n) is 21.1. The largest absolute Gasteiger partial charge is 0.370 e. The van der Waals surface area contributed by atoms with Crippen LogP contribution >= 0.6 is 0 Å². The SMILES string of the molecule is Cc1ccccc1.Cc1nnc(-c2ccc(NC(=O)C3CC3)cc2N2CC(C)C[C@@H](C)C2)n1C. The third kappa shape index (κ3) is 5.85. The summed E-state index contributed by atoms with van der Waals surface area (Å²) in [5.74, 6) is 3.39. The van der Waals surface area contributed by atoms with Crippen molar-refractivity contribution in [1.29, 1.82) is 0 Å². The number of carbonyl (C=O) groups is 1. The van der Waals surface area contributed by atoms with Crippen LogP contribution in [0.5, 0.6) is 0 Å². The monoisotopic (exact) mass is 459 g/mol. The maximum atomic E-state index is 12.2. The molecule has 1 saturated carbocycles. The van der Waals surface area contributed by atoms with E-state index in [9.17, 15) is 4.79 Å². The van der Waals surface area contributed by atoms with E-state index in [0.717, 1.165) is 54.5 Å². The lowest BCUT2D eigenvalue weighted by molar-refractivity contribution is -0.117. The number of aromatic nitrogens is 3. The van der Waals surface area contributed by atoms with E-state index in [-0.39, 0.29) is 11.8 Å². The fraction of sp³-hybridized carbons (Fsp3) is 0.464. The number of nitrogens with one attached hydrogen (secondary N) is 1. The van der Waals surface area contributed by atoms with Crippen LogP contribution in [-0.2, 0) is 11.8 Å². The smallest absolute Gasteiger partial charge is 0.227 e. The first-order valence-corrected chi connectivity index (χ1v) is 12.4. The molecule has 2 fully saturated rings. The molecular formula is C28H37N5O. The quantitative estimate of drug-likeness (QED) is 0.550. The van der Waals surface area contributed by atoms with E-state index in [2.05, 4.69) is 65.5 Å². The van der Waals surface area contributed by atoms with E-state index in [1.54, 1.807) is 0 Å². The second kappa shape index (κ2) is 10.4. The molecule has 34 heavy (non-hydrogen) atoms. The van der Waals surface area contributed by atoms with Gasteiger partial charge < -0.3 is 14.8 Å². The Morgan fingerprint density at radius 2 is 1.65 bits per heavy atom. The van der Waals surface area contributed by atoms with Gasteiger partial charge in [-0.05, 0) is 63.1 Å². The van der Waals surface area contributed by atoms with Gasteiger partial charge >= 0.3 is 0 Å². The summed E-state index contributed by atoms with van der Waals surface area (Å²) < 4.78 is 2.03. The minimum absolute atomic E-state index is 0.142. The Hall–Kier alpha value is -3.15. The normalized spacial score (nSPS) is 19.9. The Balaban J connectivity index is 0.000000336. The van der Waals surface area contributed by atoms with Crippen LogP contribution in [0.3, 0.4) is 0 Å². The molecule has 1 amide bonds. The number of amides is 1. The van der Waals surface area contributed by atoms with Crippen LogP contribution in [0.2, 0.25) is 0 Å². The van der Waals surface area contributed by atoms with Gasteiger partial charge in [-0.2, -0.15) is 0 Å². The molecular weight excluding hydrogens is 422 g/mol. The number of aryl methyl sites for hydroxylation is 2. The lowest BCUT2D eigenvalue weighted by Crippen LogP contribution is -2.39. The van der Waals surface area contributed by atoms with Gasteiger partial charge in [-0.3, -0.25) is 4.79 Å². The van der Waals surface area contributed by atoms with Gasteiger partial charge in [0.25, 0.3) is 0 Å². The summed E-state index contributed by atoms with van der Waals surface area (Å²) in [5.41, 5.74) is 4.40. The van der Waals surface area contributed by atoms with Crippen LogP contribution in [0.25, 0.3) is 11.4 Å². The number of anilines is 2. The van der Waals surface area contributed by atoms with Crippen LogP contribution in [0.15, 0.2) is 48.5 Å². The highest BCUT2D eigenvalue weighted by atomic mass is 16.2. The number of carbonyl (C=O) groups excluding carboxylic acids is 1. The molecule has 2 heterocycles. The number of nitrogens with zero attached hydrogens (tertiary/aromatic N) is 4. The van der Waals surface area contributed by atoms with Gasteiger partial charge in [0.1, 0.15) is 5.82 Å². The molecule has 6 heteroatoms. The molecule has 1 aromatic heterocycles. The van der Waals surface area contributed by atoms with Crippen LogP contribution in [-0.4, -0.2) is 33.8 Å². The molecule has 0 radical (unpaired) electrons. The predicted octanol–water partition coefficient (Wildman–Crippen LogP) is 5.62. The number of rotatable bonds is 4. The summed E-state index contributed by atoms with van der Waals surface area (Å²) in [4.78, 5) is 14.7. The molecule has 5 rings (SSSR count). The van der Waals surface area contributed by atoms with E-state index in [1.807, 2.05) is 42.8 Å². The molecule has 6 nitrogen and oxygen atoms in total. The predicted molar refractivity (Wildman–Crippen MR) is 139 cm³/mol. The Morgan fingerprint density at radius 1 is 0.971 bits per heavy atom. The zero-order valence-corrected chi connectivity index (χ0v) is 21.1. The van der Waals surface area contributed by atoms with Gasteiger partial charge in [0, 0.05) is 43.0 Å². The number of piperidine rings is 1. The summed E-state index contributed by atoms with van der Waals surface area (Å²) in [6.45, 7) is 10.7. The Bertz CT molecular complexity index is 1110. The second-order valence-corrected chi connectivity index (χ2v) is 10.1.